The van der Waals surface area contributed by atoms with Crippen molar-refractivity contribution in [3.05, 3.63) is 0 Å². The van der Waals surface area contributed by atoms with E-state index in [2.05, 4.69) is 0 Å². The molecule has 1 rings (SSSR count). The zero-order valence-corrected chi connectivity index (χ0v) is 5.12. The smallest absolute Gasteiger partial charge is 0.146 e. The van der Waals surface area contributed by atoms with Crippen LogP contribution in [0.1, 0.15) is 0 Å². The maximum atomic E-state index is 9.03. The highest BCUT2D eigenvalue weighted by Crippen LogP contribution is 1.97. The third kappa shape index (κ3) is 1.91. The number of aliphatic hydroxyl groups excluding tert-OH is 1. The maximum absolute atomic E-state index is 9.03. The Morgan fingerprint density at radius 2 is 2.00 bits per heavy atom. The first-order valence-electron chi connectivity index (χ1n) is 2.90. The number of aliphatic hydroxyl groups is 1. The van der Waals surface area contributed by atoms with Gasteiger partial charge in [-0.05, 0) is 0 Å². The minimum Gasteiger partial charge on any atom is -0.389 e. The van der Waals surface area contributed by atoms with Crippen molar-refractivity contribution in [3.63, 3.8) is 0 Å². The van der Waals surface area contributed by atoms with E-state index in [1.54, 1.807) is 0 Å². The molecule has 0 bridgehead atoms. The van der Waals surface area contributed by atoms with Gasteiger partial charge < -0.3 is 20.3 Å². The molecule has 1 fully saturated rings. The Labute approximate surface area is 53.6 Å². The van der Waals surface area contributed by atoms with Gasteiger partial charge >= 0.3 is 0 Å². The summed E-state index contributed by atoms with van der Waals surface area (Å²) >= 11 is 0. The van der Waals surface area contributed by atoms with Crippen LogP contribution in [-0.2, 0) is 9.47 Å². The molecule has 3 N–H and O–H groups in total. The van der Waals surface area contributed by atoms with Gasteiger partial charge in [-0.15, -0.1) is 0 Å². The summed E-state index contributed by atoms with van der Waals surface area (Å²) in [6.45, 7) is 0.896. The Kier molecular flexibility index (Phi) is 2.41. The van der Waals surface area contributed by atoms with E-state index in [9.17, 15) is 0 Å². The molecule has 0 spiro atoms. The van der Waals surface area contributed by atoms with E-state index >= 15 is 0 Å². The van der Waals surface area contributed by atoms with Gasteiger partial charge in [0.05, 0.1) is 25.4 Å². The molecule has 4 heteroatoms. The molecule has 2 atom stereocenters. The highest BCUT2D eigenvalue weighted by molar-refractivity contribution is 4.71. The molecule has 0 radical (unpaired) electrons. The van der Waals surface area contributed by atoms with Crippen LogP contribution in [0.2, 0.25) is 0 Å². The van der Waals surface area contributed by atoms with Crippen molar-refractivity contribution in [1.82, 2.24) is 0 Å². The first-order chi connectivity index (χ1) is 4.30. The second-order valence-corrected chi connectivity index (χ2v) is 2.09. The molecule has 0 unspecified atom stereocenters. The van der Waals surface area contributed by atoms with Gasteiger partial charge in [0.1, 0.15) is 6.79 Å². The van der Waals surface area contributed by atoms with Crippen molar-refractivity contribution in [1.29, 1.82) is 0 Å². The van der Waals surface area contributed by atoms with Crippen LogP contribution < -0.4 is 5.73 Å². The Morgan fingerprint density at radius 3 is 2.78 bits per heavy atom. The molecule has 1 saturated heterocycles. The normalized spacial score (nSPS) is 38.0. The first-order valence-corrected chi connectivity index (χ1v) is 2.90. The summed E-state index contributed by atoms with van der Waals surface area (Å²) in [5, 5.41) is 9.03. The minimum atomic E-state index is -0.576. The molecule has 9 heavy (non-hydrogen) atoms. The van der Waals surface area contributed by atoms with E-state index in [0.717, 1.165) is 0 Å². The number of hydrogen-bond acceptors (Lipinski definition) is 4. The zero-order chi connectivity index (χ0) is 6.69. The molecule has 0 aromatic rings. The van der Waals surface area contributed by atoms with Gasteiger partial charge in [0.15, 0.2) is 0 Å². The third-order valence-electron chi connectivity index (χ3n) is 1.26. The number of nitrogens with two attached hydrogens (primary N) is 1. The maximum Gasteiger partial charge on any atom is 0.146 e. The highest BCUT2D eigenvalue weighted by atomic mass is 16.7. The molecule has 1 heterocycles. The van der Waals surface area contributed by atoms with Gasteiger partial charge in [-0.1, -0.05) is 0 Å². The predicted octanol–water partition coefficient (Wildman–Crippen LogP) is -1.32. The van der Waals surface area contributed by atoms with Crippen LogP contribution in [0.25, 0.3) is 0 Å². The largest absolute Gasteiger partial charge is 0.389 e. The lowest BCUT2D eigenvalue weighted by Crippen LogP contribution is -2.39. The van der Waals surface area contributed by atoms with Crippen molar-refractivity contribution < 1.29 is 14.6 Å². The first kappa shape index (κ1) is 6.95. The van der Waals surface area contributed by atoms with Gasteiger partial charge in [0.2, 0.25) is 0 Å². The van der Waals surface area contributed by atoms with Crippen molar-refractivity contribution in [2.24, 2.45) is 5.73 Å². The van der Waals surface area contributed by atoms with Gasteiger partial charge in [-0.2, -0.15) is 0 Å². The van der Waals surface area contributed by atoms with Gasteiger partial charge in [0, 0.05) is 0 Å². The van der Waals surface area contributed by atoms with Crippen molar-refractivity contribution in [3.8, 4) is 0 Å². The van der Waals surface area contributed by atoms with Crippen molar-refractivity contribution >= 4 is 0 Å². The molecule has 1 aliphatic rings. The summed E-state index contributed by atoms with van der Waals surface area (Å²) in [5.74, 6) is 0. The summed E-state index contributed by atoms with van der Waals surface area (Å²) in [6.07, 6.45) is -0.576. The van der Waals surface area contributed by atoms with Crippen LogP contribution in [0.15, 0.2) is 0 Å². The molecule has 0 aromatic carbocycles. The van der Waals surface area contributed by atoms with Crippen LogP contribution in [0.5, 0.6) is 0 Å². The third-order valence-corrected chi connectivity index (χ3v) is 1.26. The van der Waals surface area contributed by atoms with E-state index in [0.29, 0.717) is 6.61 Å². The van der Waals surface area contributed by atoms with E-state index in [1.807, 2.05) is 0 Å². The molecule has 0 saturated carbocycles. The van der Waals surface area contributed by atoms with Gasteiger partial charge in [-0.3, -0.25) is 0 Å². The molecule has 4 nitrogen and oxygen atoms in total. The fourth-order valence-corrected chi connectivity index (χ4v) is 0.647. The number of ether oxygens (including phenoxy) is 2. The fraction of sp³-hybridized carbons (Fsp3) is 1.00. The Balaban J connectivity index is 2.32. The van der Waals surface area contributed by atoms with Crippen LogP contribution in [0.3, 0.4) is 0 Å². The van der Waals surface area contributed by atoms with Gasteiger partial charge in [-0.25, -0.2) is 0 Å². The summed E-state index contributed by atoms with van der Waals surface area (Å²) in [7, 11) is 0. The number of rotatable bonds is 0. The monoisotopic (exact) mass is 133 g/mol. The topological polar surface area (TPSA) is 64.7 Å². The summed E-state index contributed by atoms with van der Waals surface area (Å²) in [4.78, 5) is 0. The molecular weight excluding hydrogens is 122 g/mol. The van der Waals surface area contributed by atoms with E-state index in [1.165, 1.54) is 0 Å². The Hall–Kier alpha value is -0.160. The molecule has 54 valence electrons. The Bertz CT molecular complexity index is 78.3. The summed E-state index contributed by atoms with van der Waals surface area (Å²) in [6, 6.07) is -0.299. The second-order valence-electron chi connectivity index (χ2n) is 2.09. The average molecular weight is 133 g/mol. The van der Waals surface area contributed by atoms with Crippen LogP contribution in [0, 0.1) is 0 Å². The summed E-state index contributed by atoms with van der Waals surface area (Å²) in [5.41, 5.74) is 5.42. The van der Waals surface area contributed by atoms with Crippen molar-refractivity contribution in [2.75, 3.05) is 20.0 Å². The van der Waals surface area contributed by atoms with E-state index in [4.69, 9.17) is 20.3 Å². The predicted molar refractivity (Wildman–Crippen MR) is 30.8 cm³/mol. The zero-order valence-electron chi connectivity index (χ0n) is 5.12. The van der Waals surface area contributed by atoms with Crippen LogP contribution in [-0.4, -0.2) is 37.3 Å². The van der Waals surface area contributed by atoms with Crippen LogP contribution >= 0.6 is 0 Å². The Morgan fingerprint density at radius 1 is 1.33 bits per heavy atom. The molecular formula is C5H11NO3. The molecule has 1 aliphatic heterocycles. The highest BCUT2D eigenvalue weighted by Gasteiger charge is 2.17. The fourth-order valence-electron chi connectivity index (χ4n) is 0.647. The van der Waals surface area contributed by atoms with E-state index in [-0.39, 0.29) is 19.4 Å². The second kappa shape index (κ2) is 3.12. The summed E-state index contributed by atoms with van der Waals surface area (Å²) < 4.78 is 9.69. The average Bonchev–Trinajstić information content (AvgIpc) is 1.99. The number of hydrogen-bond donors (Lipinski definition) is 2. The van der Waals surface area contributed by atoms with Crippen LogP contribution in [0.4, 0.5) is 0 Å². The van der Waals surface area contributed by atoms with E-state index < -0.39 is 6.10 Å². The molecule has 0 amide bonds. The van der Waals surface area contributed by atoms with Crippen molar-refractivity contribution in [2.45, 2.75) is 12.1 Å². The quantitative estimate of drug-likeness (QED) is 0.430. The lowest BCUT2D eigenvalue weighted by Gasteiger charge is -2.11. The standard InChI is InChI=1S/C5H11NO3/c6-4-1-8-3-9-2-5(4)7/h4-5,7H,1-3,6H2/t4-,5-/m0/s1. The lowest BCUT2D eigenvalue weighted by molar-refractivity contribution is -0.0421. The lowest BCUT2D eigenvalue weighted by atomic mass is 10.2. The minimum absolute atomic E-state index is 0.241. The molecule has 0 aliphatic carbocycles. The van der Waals surface area contributed by atoms with Gasteiger partial charge in [0.25, 0.3) is 0 Å². The molecule has 0 aromatic heterocycles. The SMILES string of the molecule is N[C@H]1COCOC[C@@H]1O.